The van der Waals surface area contributed by atoms with Gasteiger partial charge in [-0.25, -0.2) is 9.78 Å². The minimum absolute atomic E-state index is 0.00685. The molecule has 0 bridgehead atoms. The van der Waals surface area contributed by atoms with Crippen LogP contribution in [0.4, 0.5) is 18.3 Å². The Morgan fingerprint density at radius 3 is 2.56 bits per heavy atom. The molecular weight excluding hydrogens is 499 g/mol. The van der Waals surface area contributed by atoms with Gasteiger partial charge in [0.15, 0.2) is 16.6 Å². The SMILES string of the molecule is O=C(O)c1ccc(-c2nc3nc(N4CCC(Oc5ccccc5C(F)(F)F)CC4)sc3c(=O)[nH]2)nc1. The van der Waals surface area contributed by atoms with Crippen molar-refractivity contribution in [3.8, 4) is 17.3 Å². The van der Waals surface area contributed by atoms with Crippen molar-refractivity contribution in [1.82, 2.24) is 19.9 Å². The Morgan fingerprint density at radius 1 is 1.14 bits per heavy atom. The number of aromatic amines is 1. The molecule has 1 aliphatic rings. The number of hydrogen-bond donors (Lipinski definition) is 2. The zero-order valence-corrected chi connectivity index (χ0v) is 19.3. The Kier molecular flexibility index (Phi) is 6.08. The summed E-state index contributed by atoms with van der Waals surface area (Å²) in [5.41, 5.74) is -0.662. The molecule has 186 valence electrons. The van der Waals surface area contributed by atoms with Gasteiger partial charge in [0.2, 0.25) is 0 Å². The molecule has 2 N–H and O–H groups in total. The topological polar surface area (TPSA) is 121 Å². The second kappa shape index (κ2) is 9.22. The lowest BCUT2D eigenvalue weighted by Crippen LogP contribution is -2.38. The Labute approximate surface area is 205 Å². The zero-order valence-electron chi connectivity index (χ0n) is 18.5. The van der Waals surface area contributed by atoms with Crippen molar-refractivity contribution < 1.29 is 27.8 Å². The number of ether oxygens (including phenoxy) is 1. The molecule has 5 rings (SSSR count). The Hall–Kier alpha value is -4.00. The highest BCUT2D eigenvalue weighted by Gasteiger charge is 2.35. The van der Waals surface area contributed by atoms with E-state index in [0.717, 1.165) is 6.07 Å². The number of thiazole rings is 1. The molecule has 0 unspecified atom stereocenters. The fourth-order valence-corrected chi connectivity index (χ4v) is 4.84. The van der Waals surface area contributed by atoms with Gasteiger partial charge in [-0.2, -0.15) is 18.2 Å². The number of carboxylic acids is 1. The first-order valence-electron chi connectivity index (χ1n) is 10.9. The number of nitrogens with one attached hydrogen (secondary N) is 1. The summed E-state index contributed by atoms with van der Waals surface area (Å²) in [5, 5.41) is 9.59. The van der Waals surface area contributed by atoms with Crippen LogP contribution in [0, 0.1) is 0 Å². The number of anilines is 1. The molecular formula is C23H18F3N5O4S. The van der Waals surface area contributed by atoms with Crippen LogP contribution in [0.2, 0.25) is 0 Å². The van der Waals surface area contributed by atoms with Crippen molar-refractivity contribution >= 4 is 32.8 Å². The molecule has 36 heavy (non-hydrogen) atoms. The standard InChI is InChI=1S/C23H18F3N5O4S/c24-23(25,26)14-3-1-2-4-16(14)35-13-7-9-31(10-8-13)22-30-19-17(36-22)20(32)29-18(28-19)15-6-5-12(11-27-15)21(33)34/h1-6,11,13H,7-10H2,(H,33,34)(H,28,29,32). The van der Waals surface area contributed by atoms with Crippen LogP contribution in [0.15, 0.2) is 47.4 Å². The third-order valence-electron chi connectivity index (χ3n) is 5.71. The lowest BCUT2D eigenvalue weighted by Gasteiger charge is -2.32. The van der Waals surface area contributed by atoms with Gasteiger partial charge in [0.05, 0.1) is 11.1 Å². The number of piperidine rings is 1. The van der Waals surface area contributed by atoms with Gasteiger partial charge in [-0.1, -0.05) is 23.5 Å². The molecule has 0 atom stereocenters. The average Bonchev–Trinajstić information content (AvgIpc) is 3.29. The number of aromatic nitrogens is 4. The van der Waals surface area contributed by atoms with Crippen LogP contribution in [-0.4, -0.2) is 50.2 Å². The lowest BCUT2D eigenvalue weighted by molar-refractivity contribution is -0.139. The van der Waals surface area contributed by atoms with Crippen molar-refractivity contribution in [1.29, 1.82) is 0 Å². The van der Waals surface area contributed by atoms with Gasteiger partial charge in [-0.3, -0.25) is 9.78 Å². The van der Waals surface area contributed by atoms with E-state index in [1.165, 1.54) is 47.9 Å². The molecule has 1 aliphatic heterocycles. The third kappa shape index (κ3) is 4.73. The molecule has 0 amide bonds. The first-order valence-corrected chi connectivity index (χ1v) is 11.7. The van der Waals surface area contributed by atoms with Crippen LogP contribution < -0.4 is 15.2 Å². The largest absolute Gasteiger partial charge is 0.490 e. The third-order valence-corrected chi connectivity index (χ3v) is 6.81. The van der Waals surface area contributed by atoms with Crippen LogP contribution in [0.3, 0.4) is 0 Å². The summed E-state index contributed by atoms with van der Waals surface area (Å²) in [7, 11) is 0. The van der Waals surface area contributed by atoms with E-state index >= 15 is 0 Å². The number of aromatic carboxylic acids is 1. The highest BCUT2D eigenvalue weighted by Crippen LogP contribution is 2.37. The van der Waals surface area contributed by atoms with Crippen LogP contribution >= 0.6 is 11.3 Å². The molecule has 0 spiro atoms. The predicted octanol–water partition coefficient (Wildman–Crippen LogP) is 4.21. The first kappa shape index (κ1) is 23.7. The van der Waals surface area contributed by atoms with E-state index in [2.05, 4.69) is 19.9 Å². The number of fused-ring (bicyclic) bond motifs is 1. The summed E-state index contributed by atoms with van der Waals surface area (Å²) in [6, 6.07) is 7.97. The van der Waals surface area contributed by atoms with Gasteiger partial charge in [0.1, 0.15) is 22.2 Å². The van der Waals surface area contributed by atoms with Crippen molar-refractivity contribution in [3.05, 3.63) is 64.1 Å². The maximum absolute atomic E-state index is 13.2. The first-order chi connectivity index (χ1) is 17.2. The summed E-state index contributed by atoms with van der Waals surface area (Å²) < 4.78 is 45.8. The fourth-order valence-electron chi connectivity index (χ4n) is 3.89. The molecule has 1 saturated heterocycles. The van der Waals surface area contributed by atoms with Crippen molar-refractivity contribution in [2.24, 2.45) is 0 Å². The quantitative estimate of drug-likeness (QED) is 0.404. The molecule has 1 aromatic carbocycles. The minimum atomic E-state index is -4.50. The van der Waals surface area contributed by atoms with Crippen LogP contribution in [0.5, 0.6) is 5.75 Å². The summed E-state index contributed by atoms with van der Waals surface area (Å²) >= 11 is 1.17. The van der Waals surface area contributed by atoms with E-state index in [-0.39, 0.29) is 28.9 Å². The molecule has 4 aromatic rings. The summed E-state index contributed by atoms with van der Waals surface area (Å²) in [5.74, 6) is -1.14. The number of halogens is 3. The maximum Gasteiger partial charge on any atom is 0.419 e. The van der Waals surface area contributed by atoms with Crippen molar-refractivity contribution in [2.45, 2.75) is 25.1 Å². The second-order valence-corrected chi connectivity index (χ2v) is 9.08. The van der Waals surface area contributed by atoms with Gasteiger partial charge in [-0.05, 0) is 24.3 Å². The number of nitrogens with zero attached hydrogens (tertiary/aromatic N) is 4. The number of hydrogen-bond acceptors (Lipinski definition) is 8. The molecule has 4 heterocycles. The van der Waals surface area contributed by atoms with Crippen LogP contribution in [0.1, 0.15) is 28.8 Å². The normalized spacial score (nSPS) is 14.8. The molecule has 0 aliphatic carbocycles. The number of carboxylic acid groups (broad SMARTS) is 1. The highest BCUT2D eigenvalue weighted by molar-refractivity contribution is 7.22. The zero-order chi connectivity index (χ0) is 25.4. The smallest absolute Gasteiger partial charge is 0.419 e. The van der Waals surface area contributed by atoms with Crippen molar-refractivity contribution in [3.63, 3.8) is 0 Å². The lowest BCUT2D eigenvalue weighted by atomic mass is 10.1. The Bertz CT molecular complexity index is 1480. The predicted molar refractivity (Wildman–Crippen MR) is 126 cm³/mol. The van der Waals surface area contributed by atoms with Crippen LogP contribution in [-0.2, 0) is 6.18 Å². The molecule has 1 fully saturated rings. The average molecular weight is 517 g/mol. The number of pyridine rings is 1. The van der Waals surface area contributed by atoms with Gasteiger partial charge in [-0.15, -0.1) is 0 Å². The summed E-state index contributed by atoms with van der Waals surface area (Å²) in [4.78, 5) is 41.2. The van der Waals surface area contributed by atoms with E-state index in [0.29, 0.717) is 41.5 Å². The Morgan fingerprint density at radius 2 is 1.89 bits per heavy atom. The number of para-hydroxylation sites is 1. The van der Waals surface area contributed by atoms with E-state index in [1.807, 2.05) is 4.90 Å². The number of rotatable bonds is 5. The fraction of sp³-hybridized carbons (Fsp3) is 0.261. The van der Waals surface area contributed by atoms with Gasteiger partial charge in [0.25, 0.3) is 5.56 Å². The van der Waals surface area contributed by atoms with E-state index in [4.69, 9.17) is 9.84 Å². The second-order valence-electron chi connectivity index (χ2n) is 8.10. The molecule has 3 aromatic heterocycles. The summed E-state index contributed by atoms with van der Waals surface area (Å²) in [6.07, 6.45) is -2.74. The van der Waals surface area contributed by atoms with Gasteiger partial charge < -0.3 is 19.7 Å². The molecule has 0 saturated carbocycles. The maximum atomic E-state index is 13.2. The van der Waals surface area contributed by atoms with Gasteiger partial charge >= 0.3 is 12.1 Å². The number of H-pyrrole nitrogens is 1. The number of carbonyl (C=O) groups is 1. The van der Waals surface area contributed by atoms with E-state index in [1.54, 1.807) is 0 Å². The highest BCUT2D eigenvalue weighted by atomic mass is 32.1. The monoisotopic (exact) mass is 517 g/mol. The number of benzene rings is 1. The molecule has 9 nitrogen and oxygen atoms in total. The summed E-state index contributed by atoms with van der Waals surface area (Å²) in [6.45, 7) is 0.975. The molecule has 0 radical (unpaired) electrons. The number of alkyl halides is 3. The minimum Gasteiger partial charge on any atom is -0.490 e. The molecule has 13 heteroatoms. The van der Waals surface area contributed by atoms with Crippen LogP contribution in [0.25, 0.3) is 21.9 Å². The Balaban J connectivity index is 1.31. The van der Waals surface area contributed by atoms with E-state index in [9.17, 15) is 22.8 Å². The van der Waals surface area contributed by atoms with Gasteiger partial charge in [0, 0.05) is 32.1 Å². The van der Waals surface area contributed by atoms with E-state index < -0.39 is 23.3 Å². The van der Waals surface area contributed by atoms with Crippen molar-refractivity contribution in [2.75, 3.05) is 18.0 Å².